The second-order valence-electron chi connectivity index (χ2n) is 6.31. The van der Waals surface area contributed by atoms with Crippen molar-refractivity contribution in [3.8, 4) is 0 Å². The summed E-state index contributed by atoms with van der Waals surface area (Å²) in [5.41, 5.74) is 1.41. The van der Waals surface area contributed by atoms with E-state index >= 15 is 0 Å². The van der Waals surface area contributed by atoms with Crippen molar-refractivity contribution in [3.63, 3.8) is 0 Å². The molecule has 0 bridgehead atoms. The van der Waals surface area contributed by atoms with E-state index in [2.05, 4.69) is 15.6 Å². The van der Waals surface area contributed by atoms with Crippen molar-refractivity contribution < 1.29 is 9.59 Å². The molecular weight excluding hydrogens is 388 g/mol. The minimum atomic E-state index is -0.296. The molecule has 2 N–H and O–H groups in total. The van der Waals surface area contributed by atoms with Gasteiger partial charge in [0.15, 0.2) is 5.16 Å². The smallest absolute Gasteiger partial charge is 0.262 e. The van der Waals surface area contributed by atoms with E-state index in [0.29, 0.717) is 29.1 Å². The fourth-order valence-electron chi connectivity index (χ4n) is 2.78. The maximum absolute atomic E-state index is 13.0. The second kappa shape index (κ2) is 9.88. The maximum Gasteiger partial charge on any atom is 0.262 e. The first-order valence-corrected chi connectivity index (χ1v) is 10.3. The van der Waals surface area contributed by atoms with Crippen LogP contribution in [-0.2, 0) is 16.1 Å². The summed E-state index contributed by atoms with van der Waals surface area (Å²) in [4.78, 5) is 41.2. The molecular formula is C21H22N4O3S. The Labute approximate surface area is 172 Å². The molecule has 29 heavy (non-hydrogen) atoms. The zero-order chi connectivity index (χ0) is 20.6. The molecule has 3 rings (SSSR count). The number of likely N-dealkylation sites (N-methyl/N-ethyl adjacent to an activating group) is 1. The summed E-state index contributed by atoms with van der Waals surface area (Å²) in [6.45, 7) is 2.61. The normalized spacial score (nSPS) is 10.7. The van der Waals surface area contributed by atoms with Crippen molar-refractivity contribution in [1.82, 2.24) is 20.2 Å². The number of nitrogens with zero attached hydrogens (tertiary/aromatic N) is 2. The van der Waals surface area contributed by atoms with Gasteiger partial charge in [-0.05, 0) is 24.6 Å². The Bertz CT molecular complexity index is 1070. The van der Waals surface area contributed by atoms with Crippen LogP contribution in [0.4, 0.5) is 0 Å². The number of nitrogens with one attached hydrogen (secondary N) is 2. The molecule has 0 aliphatic heterocycles. The molecule has 0 radical (unpaired) electrons. The van der Waals surface area contributed by atoms with Gasteiger partial charge in [-0.25, -0.2) is 4.98 Å². The van der Waals surface area contributed by atoms with Crippen molar-refractivity contribution in [1.29, 1.82) is 0 Å². The molecule has 0 aliphatic rings. The fraction of sp³-hybridized carbons (Fsp3) is 0.238. The number of benzene rings is 2. The number of para-hydroxylation sites is 1. The molecule has 8 heteroatoms. The van der Waals surface area contributed by atoms with Crippen LogP contribution in [0.1, 0.15) is 12.5 Å². The molecule has 7 nitrogen and oxygen atoms in total. The highest BCUT2D eigenvalue weighted by atomic mass is 32.2. The summed E-state index contributed by atoms with van der Waals surface area (Å²) in [6.07, 6.45) is 0. The van der Waals surface area contributed by atoms with Crippen molar-refractivity contribution >= 4 is 34.5 Å². The Balaban J connectivity index is 1.82. The lowest BCUT2D eigenvalue weighted by Crippen LogP contribution is -2.37. The van der Waals surface area contributed by atoms with E-state index in [0.717, 1.165) is 5.56 Å². The van der Waals surface area contributed by atoms with Crippen molar-refractivity contribution in [2.45, 2.75) is 18.6 Å². The van der Waals surface area contributed by atoms with E-state index in [4.69, 9.17) is 0 Å². The third-order valence-electron chi connectivity index (χ3n) is 4.16. The first kappa shape index (κ1) is 20.6. The molecule has 0 aliphatic carbocycles. The highest BCUT2D eigenvalue weighted by Crippen LogP contribution is 2.18. The van der Waals surface area contributed by atoms with Gasteiger partial charge in [-0.2, -0.15) is 0 Å². The Morgan fingerprint density at radius 3 is 2.48 bits per heavy atom. The van der Waals surface area contributed by atoms with Gasteiger partial charge in [-0.3, -0.25) is 19.0 Å². The van der Waals surface area contributed by atoms with E-state index in [1.54, 1.807) is 22.8 Å². The van der Waals surface area contributed by atoms with Crippen molar-refractivity contribution in [3.05, 3.63) is 70.5 Å². The van der Waals surface area contributed by atoms with Crippen molar-refractivity contribution in [2.75, 3.05) is 18.8 Å². The second-order valence-corrected chi connectivity index (χ2v) is 7.25. The summed E-state index contributed by atoms with van der Waals surface area (Å²) in [6, 6.07) is 16.8. The summed E-state index contributed by atoms with van der Waals surface area (Å²) in [7, 11) is 0. The summed E-state index contributed by atoms with van der Waals surface area (Å²) >= 11 is 1.18. The number of hydrogen-bond donors (Lipinski definition) is 2. The predicted octanol–water partition coefficient (Wildman–Crippen LogP) is 1.79. The number of thioether (sulfide) groups is 1. The van der Waals surface area contributed by atoms with E-state index < -0.39 is 0 Å². The maximum atomic E-state index is 13.0. The fourth-order valence-corrected chi connectivity index (χ4v) is 3.61. The molecule has 0 saturated carbocycles. The van der Waals surface area contributed by atoms with E-state index in [1.807, 2.05) is 43.3 Å². The van der Waals surface area contributed by atoms with Gasteiger partial charge >= 0.3 is 0 Å². The Morgan fingerprint density at radius 2 is 1.72 bits per heavy atom. The van der Waals surface area contributed by atoms with Crippen LogP contribution in [0.15, 0.2) is 64.5 Å². The average molecular weight is 410 g/mol. The minimum Gasteiger partial charge on any atom is -0.355 e. The van der Waals surface area contributed by atoms with Crippen molar-refractivity contribution in [2.24, 2.45) is 0 Å². The monoisotopic (exact) mass is 410 g/mol. The SMILES string of the molecule is CCNC(=O)CNC(=O)CSc1nc2ccccc2c(=O)n1Cc1ccccc1. The Kier molecular flexibility index (Phi) is 7.02. The van der Waals surface area contributed by atoms with Crippen LogP contribution in [0.2, 0.25) is 0 Å². The number of fused-ring (bicyclic) bond motifs is 1. The molecule has 1 aromatic heterocycles. The van der Waals surface area contributed by atoms with E-state index in [1.165, 1.54) is 11.8 Å². The van der Waals surface area contributed by atoms with Gasteiger partial charge < -0.3 is 10.6 Å². The molecule has 0 fully saturated rings. The lowest BCUT2D eigenvalue weighted by molar-refractivity contribution is -0.124. The van der Waals surface area contributed by atoms with Gasteiger partial charge in [-0.15, -0.1) is 0 Å². The molecule has 0 spiro atoms. The van der Waals surface area contributed by atoms with Gasteiger partial charge in [0.2, 0.25) is 11.8 Å². The standard InChI is InChI=1S/C21H22N4O3S/c1-2-22-18(26)12-23-19(27)14-29-21-24-17-11-7-6-10-16(17)20(28)25(21)13-15-8-4-3-5-9-15/h3-11H,2,12-14H2,1H3,(H,22,26)(H,23,27). The molecule has 2 aromatic carbocycles. The van der Waals surface area contributed by atoms with Gasteiger partial charge in [0.05, 0.1) is 29.7 Å². The lowest BCUT2D eigenvalue weighted by atomic mass is 10.2. The van der Waals surface area contributed by atoms with E-state index in [-0.39, 0.29) is 29.7 Å². The Morgan fingerprint density at radius 1 is 1.00 bits per heavy atom. The minimum absolute atomic E-state index is 0.0545. The number of rotatable bonds is 8. The van der Waals surface area contributed by atoms with Gasteiger partial charge in [-0.1, -0.05) is 54.2 Å². The number of carbonyl (C=O) groups excluding carboxylic acids is 2. The van der Waals surface area contributed by atoms with Gasteiger partial charge in [0.1, 0.15) is 0 Å². The third-order valence-corrected chi connectivity index (χ3v) is 5.14. The molecule has 1 heterocycles. The molecule has 3 aromatic rings. The third kappa shape index (κ3) is 5.45. The van der Waals surface area contributed by atoms with Gasteiger partial charge in [0.25, 0.3) is 5.56 Å². The van der Waals surface area contributed by atoms with E-state index in [9.17, 15) is 14.4 Å². The van der Waals surface area contributed by atoms with Crippen LogP contribution in [0.5, 0.6) is 0 Å². The largest absolute Gasteiger partial charge is 0.355 e. The first-order valence-electron chi connectivity index (χ1n) is 9.28. The molecule has 0 atom stereocenters. The van der Waals surface area contributed by atoms with Crippen LogP contribution in [-0.4, -0.2) is 40.2 Å². The first-order chi connectivity index (χ1) is 14.1. The zero-order valence-corrected chi connectivity index (χ0v) is 16.9. The van der Waals surface area contributed by atoms with Gasteiger partial charge in [0, 0.05) is 6.54 Å². The molecule has 0 saturated heterocycles. The number of carbonyl (C=O) groups is 2. The van der Waals surface area contributed by atoms with Crippen LogP contribution in [0, 0.1) is 0 Å². The number of amides is 2. The average Bonchev–Trinajstić information content (AvgIpc) is 2.74. The molecule has 0 unspecified atom stereocenters. The van der Waals surface area contributed by atoms with Crippen LogP contribution in [0.25, 0.3) is 10.9 Å². The zero-order valence-electron chi connectivity index (χ0n) is 16.1. The predicted molar refractivity (Wildman–Crippen MR) is 114 cm³/mol. The number of aromatic nitrogens is 2. The summed E-state index contributed by atoms with van der Waals surface area (Å²) in [5.74, 6) is -0.482. The summed E-state index contributed by atoms with van der Waals surface area (Å²) in [5, 5.41) is 6.19. The quantitative estimate of drug-likeness (QED) is 0.436. The lowest BCUT2D eigenvalue weighted by Gasteiger charge is -2.13. The number of hydrogen-bond acceptors (Lipinski definition) is 5. The summed E-state index contributed by atoms with van der Waals surface area (Å²) < 4.78 is 1.58. The van der Waals surface area contributed by atoms with Crippen LogP contribution in [0.3, 0.4) is 0 Å². The Hall–Kier alpha value is -3.13. The highest BCUT2D eigenvalue weighted by molar-refractivity contribution is 7.99. The molecule has 150 valence electrons. The molecule has 2 amide bonds. The van der Waals surface area contributed by atoms with Crippen LogP contribution < -0.4 is 16.2 Å². The highest BCUT2D eigenvalue weighted by Gasteiger charge is 2.14. The van der Waals surface area contributed by atoms with Crippen LogP contribution >= 0.6 is 11.8 Å². The topological polar surface area (TPSA) is 93.1 Å².